The van der Waals surface area contributed by atoms with E-state index in [0.29, 0.717) is 24.1 Å². The Bertz CT molecular complexity index is 1210. The number of rotatable bonds is 4. The van der Waals surface area contributed by atoms with Gasteiger partial charge in [-0.2, -0.15) is 0 Å². The molecule has 34 heavy (non-hydrogen) atoms. The van der Waals surface area contributed by atoms with E-state index in [9.17, 15) is 29.4 Å². The van der Waals surface area contributed by atoms with E-state index in [4.69, 9.17) is 11.5 Å². The SMILES string of the molecule is CN(C)c1cc(C(N)=O)cc2c1CC1CC3C(C(=O)C(C(N)=O)=C(O)C3N(C)C)C(=O)C1=C2O. The number of aliphatic hydroxyl groups is 2. The number of carbonyl (C=O) groups excluding carboxylic acids is 4. The van der Waals surface area contributed by atoms with Gasteiger partial charge in [0.05, 0.1) is 12.0 Å². The summed E-state index contributed by atoms with van der Waals surface area (Å²) in [6.45, 7) is 0. The van der Waals surface area contributed by atoms with E-state index in [-0.39, 0.29) is 16.9 Å². The largest absolute Gasteiger partial charge is 0.510 e. The molecule has 1 saturated carbocycles. The fourth-order valence-corrected chi connectivity index (χ4v) is 5.79. The number of hydrogen-bond donors (Lipinski definition) is 4. The van der Waals surface area contributed by atoms with Crippen molar-refractivity contribution in [2.24, 2.45) is 29.2 Å². The predicted octanol–water partition coefficient (Wildman–Crippen LogP) is 0.308. The van der Waals surface area contributed by atoms with Crippen molar-refractivity contribution in [1.82, 2.24) is 4.90 Å². The van der Waals surface area contributed by atoms with Gasteiger partial charge < -0.3 is 26.6 Å². The standard InChI is InChI=1S/C24H28N4O6/c1-27(2)14-8-10(23(25)33)7-12-11(14)5-9-6-13-16(20(30)15(9)19(12)29)21(31)17(24(26)34)22(32)18(13)28(3)4/h7-9,13,16,18,29,32H,5-6H2,1-4H3,(H2,25,33)(H2,26,34). The van der Waals surface area contributed by atoms with E-state index in [1.807, 2.05) is 0 Å². The number of hydrogen-bond acceptors (Lipinski definition) is 8. The van der Waals surface area contributed by atoms with Crippen molar-refractivity contribution in [3.63, 3.8) is 0 Å². The molecule has 4 rings (SSSR count). The molecule has 180 valence electrons. The quantitative estimate of drug-likeness (QED) is 0.362. The summed E-state index contributed by atoms with van der Waals surface area (Å²) < 4.78 is 0. The highest BCUT2D eigenvalue weighted by atomic mass is 16.3. The van der Waals surface area contributed by atoms with E-state index < -0.39 is 58.5 Å². The van der Waals surface area contributed by atoms with Crippen LogP contribution in [0.2, 0.25) is 0 Å². The summed E-state index contributed by atoms with van der Waals surface area (Å²) in [4.78, 5) is 54.2. The number of nitrogens with zero attached hydrogens (tertiary/aromatic N) is 2. The number of carbonyl (C=O) groups is 4. The molecule has 0 aromatic heterocycles. The Labute approximate surface area is 196 Å². The number of allylic oxidation sites excluding steroid dienone is 1. The van der Waals surface area contributed by atoms with Crippen molar-refractivity contribution in [2.45, 2.75) is 18.9 Å². The summed E-state index contributed by atoms with van der Waals surface area (Å²) in [5.41, 5.74) is 12.3. The third kappa shape index (κ3) is 3.28. The van der Waals surface area contributed by atoms with Crippen molar-refractivity contribution < 1.29 is 29.4 Å². The van der Waals surface area contributed by atoms with Gasteiger partial charge in [-0.05, 0) is 56.5 Å². The third-order valence-electron chi connectivity index (χ3n) is 7.17. The van der Waals surface area contributed by atoms with Crippen LogP contribution in [0.15, 0.2) is 29.0 Å². The first-order chi connectivity index (χ1) is 15.9. The highest BCUT2D eigenvalue weighted by molar-refractivity contribution is 6.28. The van der Waals surface area contributed by atoms with Gasteiger partial charge in [-0.15, -0.1) is 0 Å². The molecule has 6 N–H and O–H groups in total. The first-order valence-corrected chi connectivity index (χ1v) is 10.9. The number of fused-ring (bicyclic) bond motifs is 3. The first kappa shape index (κ1) is 23.5. The molecule has 0 bridgehead atoms. The molecule has 4 unspecified atom stereocenters. The van der Waals surface area contributed by atoms with E-state index in [1.165, 1.54) is 6.07 Å². The van der Waals surface area contributed by atoms with Gasteiger partial charge in [0.1, 0.15) is 17.1 Å². The summed E-state index contributed by atoms with van der Waals surface area (Å²) in [5, 5.41) is 22.0. The van der Waals surface area contributed by atoms with Crippen LogP contribution >= 0.6 is 0 Å². The minimum atomic E-state index is -1.26. The fourth-order valence-electron chi connectivity index (χ4n) is 5.79. The van der Waals surface area contributed by atoms with Crippen LogP contribution in [0.5, 0.6) is 0 Å². The second-order valence-electron chi connectivity index (χ2n) is 9.58. The molecule has 3 aliphatic rings. The van der Waals surface area contributed by atoms with Gasteiger partial charge in [-0.25, -0.2) is 0 Å². The molecule has 1 aromatic rings. The van der Waals surface area contributed by atoms with Crippen LogP contribution in [0.4, 0.5) is 5.69 Å². The average Bonchev–Trinajstić information content (AvgIpc) is 2.72. The zero-order chi connectivity index (χ0) is 25.2. The molecule has 0 heterocycles. The van der Waals surface area contributed by atoms with Gasteiger partial charge in [-0.3, -0.25) is 24.1 Å². The van der Waals surface area contributed by atoms with Crippen molar-refractivity contribution in [1.29, 1.82) is 0 Å². The van der Waals surface area contributed by atoms with Gasteiger partial charge in [0, 0.05) is 36.5 Å². The van der Waals surface area contributed by atoms with Crippen LogP contribution in [0, 0.1) is 17.8 Å². The first-order valence-electron chi connectivity index (χ1n) is 10.9. The van der Waals surface area contributed by atoms with Gasteiger partial charge >= 0.3 is 0 Å². The van der Waals surface area contributed by atoms with Gasteiger partial charge in [0.2, 0.25) is 5.91 Å². The van der Waals surface area contributed by atoms with E-state index >= 15 is 0 Å². The van der Waals surface area contributed by atoms with Crippen LogP contribution < -0.4 is 16.4 Å². The summed E-state index contributed by atoms with van der Waals surface area (Å²) in [6.07, 6.45) is 0.710. The number of amides is 2. The highest BCUT2D eigenvalue weighted by Crippen LogP contribution is 2.50. The number of Topliss-reactive ketones (excluding diaryl/α,β-unsaturated/α-hetero) is 2. The molecular formula is C24H28N4O6. The van der Waals surface area contributed by atoms with E-state index in [0.717, 1.165) is 5.56 Å². The molecule has 4 atom stereocenters. The molecule has 0 spiro atoms. The van der Waals surface area contributed by atoms with Crippen LogP contribution in [0.3, 0.4) is 0 Å². The number of aliphatic hydroxyl groups excluding tert-OH is 2. The predicted molar refractivity (Wildman–Crippen MR) is 124 cm³/mol. The lowest BCUT2D eigenvalue weighted by molar-refractivity contribution is -0.136. The lowest BCUT2D eigenvalue weighted by Crippen LogP contribution is -2.55. The molecule has 1 aromatic carbocycles. The van der Waals surface area contributed by atoms with Crippen molar-refractivity contribution in [2.75, 3.05) is 33.1 Å². The van der Waals surface area contributed by atoms with E-state index in [2.05, 4.69) is 0 Å². The monoisotopic (exact) mass is 468 g/mol. The molecule has 10 nitrogen and oxygen atoms in total. The summed E-state index contributed by atoms with van der Waals surface area (Å²) in [6, 6.07) is 2.34. The molecule has 10 heteroatoms. The molecule has 3 aliphatic carbocycles. The number of benzene rings is 1. The van der Waals surface area contributed by atoms with Crippen LogP contribution in [0.1, 0.15) is 27.9 Å². The summed E-state index contributed by atoms with van der Waals surface area (Å²) >= 11 is 0. The normalized spacial score (nSPS) is 26.3. The Morgan fingerprint density at radius 3 is 2.18 bits per heavy atom. The number of nitrogens with two attached hydrogens (primary N) is 2. The lowest BCUT2D eigenvalue weighted by atomic mass is 9.59. The zero-order valence-electron chi connectivity index (χ0n) is 19.5. The number of likely N-dealkylation sites (N-methyl/N-ethyl adjacent to an activating group) is 1. The molecule has 0 radical (unpaired) electrons. The zero-order valence-corrected chi connectivity index (χ0v) is 19.5. The van der Waals surface area contributed by atoms with Crippen molar-refractivity contribution in [3.8, 4) is 0 Å². The summed E-state index contributed by atoms with van der Waals surface area (Å²) in [5.74, 6) is -6.20. The number of primary amides is 2. The maximum absolute atomic E-state index is 13.7. The van der Waals surface area contributed by atoms with E-state index in [1.54, 1.807) is 44.1 Å². The smallest absolute Gasteiger partial charge is 0.255 e. The minimum Gasteiger partial charge on any atom is -0.510 e. The molecule has 0 aliphatic heterocycles. The lowest BCUT2D eigenvalue weighted by Gasteiger charge is -2.46. The van der Waals surface area contributed by atoms with Crippen molar-refractivity contribution in [3.05, 3.63) is 45.7 Å². The van der Waals surface area contributed by atoms with Crippen LogP contribution in [-0.2, 0) is 20.8 Å². The highest BCUT2D eigenvalue weighted by Gasteiger charge is 2.55. The molecule has 1 fully saturated rings. The Hall–Kier alpha value is -3.66. The maximum Gasteiger partial charge on any atom is 0.255 e. The Kier molecular flexibility index (Phi) is 5.52. The van der Waals surface area contributed by atoms with Gasteiger partial charge in [-0.1, -0.05) is 0 Å². The Morgan fingerprint density at radius 2 is 1.65 bits per heavy atom. The second-order valence-corrected chi connectivity index (χ2v) is 9.58. The molecular weight excluding hydrogens is 440 g/mol. The topological polar surface area (TPSA) is 167 Å². The van der Waals surface area contributed by atoms with Gasteiger partial charge in [0.15, 0.2) is 11.6 Å². The number of ketones is 2. The second kappa shape index (κ2) is 7.98. The summed E-state index contributed by atoms with van der Waals surface area (Å²) in [7, 11) is 6.97. The van der Waals surface area contributed by atoms with Crippen molar-refractivity contribution >= 4 is 34.8 Å². The fraction of sp³-hybridized carbons (Fsp3) is 0.417. The van der Waals surface area contributed by atoms with Crippen LogP contribution in [-0.4, -0.2) is 72.7 Å². The average molecular weight is 469 g/mol. The molecule has 2 amide bonds. The third-order valence-corrected chi connectivity index (χ3v) is 7.17. The van der Waals surface area contributed by atoms with Crippen LogP contribution in [0.25, 0.3) is 5.76 Å². The minimum absolute atomic E-state index is 0.0937. The maximum atomic E-state index is 13.7. The Balaban J connectivity index is 1.92. The number of anilines is 1. The Morgan fingerprint density at radius 1 is 1.00 bits per heavy atom. The van der Waals surface area contributed by atoms with Gasteiger partial charge in [0.25, 0.3) is 5.91 Å². The molecule has 0 saturated heterocycles.